The molecule has 0 aromatic heterocycles. The van der Waals surface area contributed by atoms with E-state index in [2.05, 4.69) is 5.32 Å². The van der Waals surface area contributed by atoms with Crippen LogP contribution in [0.3, 0.4) is 0 Å². The van der Waals surface area contributed by atoms with Crippen LogP contribution in [0.1, 0.15) is 64.7 Å². The van der Waals surface area contributed by atoms with Crippen LogP contribution in [0.15, 0.2) is 0 Å². The topological polar surface area (TPSA) is 29.1 Å². The van der Waals surface area contributed by atoms with E-state index in [1.165, 1.54) is 51.4 Å². The molecule has 2 heteroatoms. The van der Waals surface area contributed by atoms with Gasteiger partial charge in [-0.25, -0.2) is 0 Å². The number of carbonyl (C=O) groups excluding carboxylic acids is 1. The van der Waals surface area contributed by atoms with Crippen LogP contribution in [0, 0.1) is 11.8 Å². The molecule has 98 valence electrons. The number of Topliss-reactive ketones (excluding diaryl/α,β-unsaturated/α-hetero) is 1. The number of carbonyl (C=O) groups is 1. The maximum Gasteiger partial charge on any atom is 0.130 e. The van der Waals surface area contributed by atoms with E-state index in [9.17, 15) is 4.79 Å². The van der Waals surface area contributed by atoms with E-state index in [-0.39, 0.29) is 0 Å². The Morgan fingerprint density at radius 3 is 2.41 bits per heavy atom. The van der Waals surface area contributed by atoms with Gasteiger partial charge in [-0.2, -0.15) is 0 Å². The summed E-state index contributed by atoms with van der Waals surface area (Å²) in [6.45, 7) is 2.92. The van der Waals surface area contributed by atoms with Gasteiger partial charge in [-0.05, 0) is 38.1 Å². The normalized spacial score (nSPS) is 28.9. The summed E-state index contributed by atoms with van der Waals surface area (Å²) in [4.78, 5) is 11.5. The second kappa shape index (κ2) is 6.53. The molecule has 2 atom stereocenters. The number of rotatable bonds is 4. The number of ketones is 1. The van der Waals surface area contributed by atoms with Gasteiger partial charge in [0.2, 0.25) is 0 Å². The lowest BCUT2D eigenvalue weighted by atomic mass is 9.73. The Bertz CT molecular complexity index is 221. The molecule has 1 heterocycles. The summed E-state index contributed by atoms with van der Waals surface area (Å²) in [5.74, 6) is 1.81. The third kappa shape index (κ3) is 3.80. The lowest BCUT2D eigenvalue weighted by molar-refractivity contribution is -0.118. The average molecular weight is 237 g/mol. The monoisotopic (exact) mass is 237 g/mol. The zero-order chi connectivity index (χ0) is 12.1. The standard InChI is InChI=1S/C15H27NO/c1-12(17)11-14(13-7-3-2-4-8-13)15-9-5-6-10-16-15/h13-16H,2-11H2,1H3. The SMILES string of the molecule is CC(=O)CC(C1CCCCC1)C1CCCCN1. The molecule has 0 spiro atoms. The van der Waals surface area contributed by atoms with Crippen LogP contribution in [-0.4, -0.2) is 18.4 Å². The van der Waals surface area contributed by atoms with E-state index in [1.807, 2.05) is 0 Å². The fourth-order valence-electron chi connectivity index (χ4n) is 3.78. The van der Waals surface area contributed by atoms with E-state index >= 15 is 0 Å². The van der Waals surface area contributed by atoms with Crippen molar-refractivity contribution in [3.63, 3.8) is 0 Å². The molecule has 1 N–H and O–H groups in total. The highest BCUT2D eigenvalue weighted by Gasteiger charge is 2.31. The fraction of sp³-hybridized carbons (Fsp3) is 0.933. The quantitative estimate of drug-likeness (QED) is 0.813. The highest BCUT2D eigenvalue weighted by atomic mass is 16.1. The van der Waals surface area contributed by atoms with Crippen molar-refractivity contribution in [2.75, 3.05) is 6.54 Å². The summed E-state index contributed by atoms with van der Waals surface area (Å²) >= 11 is 0. The first-order valence-corrected chi connectivity index (χ1v) is 7.50. The Balaban J connectivity index is 1.97. The third-order valence-corrected chi connectivity index (χ3v) is 4.64. The summed E-state index contributed by atoms with van der Waals surface area (Å²) in [6.07, 6.45) is 11.6. The molecule has 0 bridgehead atoms. The Kier molecular flexibility index (Phi) is 5.02. The van der Waals surface area contributed by atoms with Gasteiger partial charge in [0.25, 0.3) is 0 Å². The largest absolute Gasteiger partial charge is 0.314 e. The van der Waals surface area contributed by atoms with Crippen LogP contribution in [0.2, 0.25) is 0 Å². The summed E-state index contributed by atoms with van der Waals surface area (Å²) in [7, 11) is 0. The Morgan fingerprint density at radius 2 is 1.82 bits per heavy atom. The van der Waals surface area contributed by atoms with E-state index in [0.29, 0.717) is 17.7 Å². The Hall–Kier alpha value is -0.370. The van der Waals surface area contributed by atoms with Gasteiger partial charge in [0.1, 0.15) is 5.78 Å². The van der Waals surface area contributed by atoms with E-state index in [1.54, 1.807) is 6.92 Å². The van der Waals surface area contributed by atoms with Gasteiger partial charge in [-0.15, -0.1) is 0 Å². The predicted octanol–water partition coefficient (Wildman–Crippen LogP) is 3.30. The molecule has 0 aromatic rings. The number of piperidine rings is 1. The lowest BCUT2D eigenvalue weighted by Crippen LogP contribution is -2.44. The second-order valence-electron chi connectivity index (χ2n) is 6.02. The van der Waals surface area contributed by atoms with Crippen molar-refractivity contribution in [3.05, 3.63) is 0 Å². The van der Waals surface area contributed by atoms with Gasteiger partial charge in [0.05, 0.1) is 0 Å². The molecular formula is C15H27NO. The van der Waals surface area contributed by atoms with Crippen LogP contribution >= 0.6 is 0 Å². The van der Waals surface area contributed by atoms with Crippen LogP contribution in [0.25, 0.3) is 0 Å². The van der Waals surface area contributed by atoms with Gasteiger partial charge in [-0.1, -0.05) is 38.5 Å². The van der Waals surface area contributed by atoms with E-state index in [0.717, 1.165) is 18.9 Å². The van der Waals surface area contributed by atoms with Crippen molar-refractivity contribution in [3.8, 4) is 0 Å². The molecule has 1 aliphatic carbocycles. The first kappa shape index (κ1) is 13.1. The van der Waals surface area contributed by atoms with Crippen LogP contribution in [-0.2, 0) is 4.79 Å². The van der Waals surface area contributed by atoms with Crippen molar-refractivity contribution in [2.45, 2.75) is 70.8 Å². The van der Waals surface area contributed by atoms with Crippen molar-refractivity contribution in [2.24, 2.45) is 11.8 Å². The van der Waals surface area contributed by atoms with Crippen LogP contribution < -0.4 is 5.32 Å². The molecular weight excluding hydrogens is 210 g/mol. The van der Waals surface area contributed by atoms with Gasteiger partial charge >= 0.3 is 0 Å². The van der Waals surface area contributed by atoms with E-state index < -0.39 is 0 Å². The summed E-state index contributed by atoms with van der Waals surface area (Å²) < 4.78 is 0. The van der Waals surface area contributed by atoms with Crippen molar-refractivity contribution >= 4 is 5.78 Å². The van der Waals surface area contributed by atoms with Gasteiger partial charge in [0.15, 0.2) is 0 Å². The van der Waals surface area contributed by atoms with Gasteiger partial charge in [-0.3, -0.25) is 0 Å². The average Bonchev–Trinajstić information content (AvgIpc) is 2.38. The molecule has 0 aromatic carbocycles. The second-order valence-corrected chi connectivity index (χ2v) is 6.02. The minimum Gasteiger partial charge on any atom is -0.314 e. The Labute approximate surface area is 106 Å². The molecule has 1 saturated carbocycles. The van der Waals surface area contributed by atoms with Crippen LogP contribution in [0.4, 0.5) is 0 Å². The minimum atomic E-state index is 0.382. The molecule has 2 nitrogen and oxygen atoms in total. The number of nitrogens with one attached hydrogen (secondary N) is 1. The highest BCUT2D eigenvalue weighted by Crippen LogP contribution is 2.35. The molecule has 2 fully saturated rings. The molecule has 17 heavy (non-hydrogen) atoms. The first-order chi connectivity index (χ1) is 8.27. The third-order valence-electron chi connectivity index (χ3n) is 4.64. The fourth-order valence-corrected chi connectivity index (χ4v) is 3.78. The molecule has 0 amide bonds. The lowest BCUT2D eigenvalue weighted by Gasteiger charge is -2.38. The predicted molar refractivity (Wildman–Crippen MR) is 71.0 cm³/mol. The van der Waals surface area contributed by atoms with E-state index in [4.69, 9.17) is 0 Å². The molecule has 2 unspecified atom stereocenters. The van der Waals surface area contributed by atoms with Crippen LogP contribution in [0.5, 0.6) is 0 Å². The maximum atomic E-state index is 11.5. The van der Waals surface area contributed by atoms with Gasteiger partial charge in [0, 0.05) is 12.5 Å². The summed E-state index contributed by atoms with van der Waals surface area (Å²) in [6, 6.07) is 0.621. The zero-order valence-corrected chi connectivity index (χ0v) is 11.2. The Morgan fingerprint density at radius 1 is 1.12 bits per heavy atom. The maximum absolute atomic E-state index is 11.5. The first-order valence-electron chi connectivity index (χ1n) is 7.50. The zero-order valence-electron chi connectivity index (χ0n) is 11.2. The van der Waals surface area contributed by atoms with Crippen molar-refractivity contribution < 1.29 is 4.79 Å². The molecule has 0 radical (unpaired) electrons. The molecule has 1 saturated heterocycles. The van der Waals surface area contributed by atoms with Gasteiger partial charge < -0.3 is 10.1 Å². The van der Waals surface area contributed by atoms with Crippen molar-refractivity contribution in [1.82, 2.24) is 5.32 Å². The molecule has 2 aliphatic rings. The minimum absolute atomic E-state index is 0.382. The molecule has 2 rings (SSSR count). The highest BCUT2D eigenvalue weighted by molar-refractivity contribution is 5.75. The van der Waals surface area contributed by atoms with Crippen molar-refractivity contribution in [1.29, 1.82) is 0 Å². The summed E-state index contributed by atoms with van der Waals surface area (Å²) in [5, 5.41) is 3.67. The number of hydrogen-bond acceptors (Lipinski definition) is 2. The summed E-state index contributed by atoms with van der Waals surface area (Å²) in [5.41, 5.74) is 0. The number of hydrogen-bond donors (Lipinski definition) is 1. The molecule has 1 aliphatic heterocycles. The smallest absolute Gasteiger partial charge is 0.130 e.